The van der Waals surface area contributed by atoms with E-state index in [0.717, 1.165) is 72.1 Å². The molecule has 1 aliphatic carbocycles. The summed E-state index contributed by atoms with van der Waals surface area (Å²) >= 11 is 0. The van der Waals surface area contributed by atoms with Gasteiger partial charge in [0, 0.05) is 29.5 Å². The minimum atomic E-state index is -4.65. The first-order valence-corrected chi connectivity index (χ1v) is 14.9. The topological polar surface area (TPSA) is 67.0 Å². The number of carbonyl (C=O) groups excluding carboxylic acids is 1. The van der Waals surface area contributed by atoms with Gasteiger partial charge in [-0.1, -0.05) is 27.7 Å². The quantitative estimate of drug-likeness (QED) is 0.171. The summed E-state index contributed by atoms with van der Waals surface area (Å²) in [6.45, 7) is 12.6. The average Bonchev–Trinajstić information content (AvgIpc) is 3.35. The number of hydrogen-bond acceptors (Lipinski definition) is 3. The first-order chi connectivity index (χ1) is 20.6. The summed E-state index contributed by atoms with van der Waals surface area (Å²) < 4.78 is 53.3. The second kappa shape index (κ2) is 17.3. The Hall–Kier alpha value is -3.88. The molecule has 0 aliphatic heterocycles. The molecule has 2 aromatic heterocycles. The van der Waals surface area contributed by atoms with Crippen molar-refractivity contribution in [1.29, 1.82) is 0 Å². The summed E-state index contributed by atoms with van der Waals surface area (Å²) in [5.74, 6) is 0.605. The van der Waals surface area contributed by atoms with Crippen LogP contribution in [0.5, 0.6) is 5.75 Å². The normalized spacial score (nSPS) is 16.0. The molecule has 5 rings (SSSR count). The van der Waals surface area contributed by atoms with Crippen molar-refractivity contribution in [2.75, 3.05) is 6.54 Å². The van der Waals surface area contributed by atoms with Crippen molar-refractivity contribution < 1.29 is 27.1 Å². The van der Waals surface area contributed by atoms with Gasteiger partial charge in [0.25, 0.3) is 0 Å². The van der Waals surface area contributed by atoms with E-state index in [1.54, 1.807) is 24.3 Å². The van der Waals surface area contributed by atoms with Crippen LogP contribution in [-0.4, -0.2) is 29.3 Å². The van der Waals surface area contributed by atoms with Gasteiger partial charge < -0.3 is 15.0 Å². The SMILES string of the molecule is CC.CC.Cc1cc(C)c(-c2ccc(OC(F)(F)F)cc2)[nH]1.O=CNCC1CCC(c2ccnc3ccc(F)cc23)CC1. The van der Waals surface area contributed by atoms with Gasteiger partial charge in [-0.2, -0.15) is 0 Å². The number of nitrogens with one attached hydrogen (secondary N) is 2. The molecule has 1 amide bonds. The summed E-state index contributed by atoms with van der Waals surface area (Å²) in [5, 5.41) is 3.71. The van der Waals surface area contributed by atoms with Gasteiger partial charge in [0.15, 0.2) is 0 Å². The van der Waals surface area contributed by atoms with Crippen LogP contribution in [0.15, 0.2) is 60.8 Å². The number of hydrogen-bond donors (Lipinski definition) is 2. The number of aromatic amines is 1. The molecule has 0 atom stereocenters. The molecule has 2 N–H and O–H groups in total. The predicted molar refractivity (Wildman–Crippen MR) is 166 cm³/mol. The van der Waals surface area contributed by atoms with Crippen molar-refractivity contribution in [2.24, 2.45) is 5.92 Å². The second-order valence-electron chi connectivity index (χ2n) is 9.89. The van der Waals surface area contributed by atoms with Crippen molar-refractivity contribution in [3.05, 3.63) is 83.4 Å². The molecule has 0 bridgehead atoms. The summed E-state index contributed by atoms with van der Waals surface area (Å²) in [7, 11) is 0. The Balaban J connectivity index is 0.000000272. The molecule has 2 heterocycles. The number of benzene rings is 2. The van der Waals surface area contributed by atoms with Crippen molar-refractivity contribution in [3.8, 4) is 17.0 Å². The third kappa shape index (κ3) is 10.7. The highest BCUT2D eigenvalue weighted by atomic mass is 19.4. The van der Waals surface area contributed by atoms with E-state index >= 15 is 0 Å². The van der Waals surface area contributed by atoms with Crippen LogP contribution in [0.3, 0.4) is 0 Å². The largest absolute Gasteiger partial charge is 0.573 e. The van der Waals surface area contributed by atoms with Crippen LogP contribution in [0.25, 0.3) is 22.2 Å². The number of fused-ring (bicyclic) bond motifs is 1. The maximum atomic E-state index is 13.5. The number of aromatic nitrogens is 2. The lowest BCUT2D eigenvalue weighted by Gasteiger charge is -2.29. The zero-order valence-electron chi connectivity index (χ0n) is 25.8. The van der Waals surface area contributed by atoms with E-state index in [-0.39, 0.29) is 11.6 Å². The molecule has 0 unspecified atom stereocenters. The number of ether oxygens (including phenoxy) is 1. The Morgan fingerprint density at radius 2 is 1.60 bits per heavy atom. The van der Waals surface area contributed by atoms with Crippen molar-refractivity contribution in [3.63, 3.8) is 0 Å². The van der Waals surface area contributed by atoms with Crippen LogP contribution in [-0.2, 0) is 4.79 Å². The van der Waals surface area contributed by atoms with Gasteiger partial charge in [0.05, 0.1) is 5.52 Å². The van der Waals surface area contributed by atoms with E-state index in [9.17, 15) is 22.4 Å². The highest BCUT2D eigenvalue weighted by Gasteiger charge is 2.31. The summed E-state index contributed by atoms with van der Waals surface area (Å²) in [6, 6.07) is 14.6. The summed E-state index contributed by atoms with van der Waals surface area (Å²) in [5.41, 5.74) is 5.87. The van der Waals surface area contributed by atoms with Crippen LogP contribution in [0, 0.1) is 25.6 Å². The van der Waals surface area contributed by atoms with E-state index in [1.807, 2.05) is 59.9 Å². The molecule has 1 aliphatic rings. The maximum absolute atomic E-state index is 13.5. The number of amides is 1. The van der Waals surface area contributed by atoms with Crippen molar-refractivity contribution in [1.82, 2.24) is 15.3 Å². The standard InChI is InChI=1S/C17H19FN2O.C13H12F3NO.2C2H6/c18-14-5-6-17-16(9-14)15(7-8-20-17)13-3-1-12(2-4-13)10-19-11-21;1-8-7-9(2)17-12(8)10-3-5-11(6-4-10)18-13(14,15)16;2*1-2/h5-9,11-13H,1-4,10H2,(H,19,21);3-7,17H,1-2H3;2*1-2H3. The molecule has 234 valence electrons. The van der Waals surface area contributed by atoms with Gasteiger partial charge in [-0.3, -0.25) is 9.78 Å². The molecule has 0 radical (unpaired) electrons. The fourth-order valence-corrected chi connectivity index (χ4v) is 5.24. The van der Waals surface area contributed by atoms with Crippen LogP contribution in [0.2, 0.25) is 0 Å². The first-order valence-electron chi connectivity index (χ1n) is 14.9. The number of pyridine rings is 1. The van der Waals surface area contributed by atoms with E-state index in [0.29, 0.717) is 11.8 Å². The lowest BCUT2D eigenvalue weighted by atomic mass is 9.78. The number of aryl methyl sites for hydroxylation is 2. The minimum Gasteiger partial charge on any atom is -0.406 e. The zero-order valence-corrected chi connectivity index (χ0v) is 25.8. The van der Waals surface area contributed by atoms with Crippen molar-refractivity contribution >= 4 is 17.3 Å². The Labute approximate surface area is 252 Å². The smallest absolute Gasteiger partial charge is 0.406 e. The van der Waals surface area contributed by atoms with E-state index in [2.05, 4.69) is 20.0 Å². The number of rotatable bonds is 6. The van der Waals surface area contributed by atoms with Crippen LogP contribution < -0.4 is 10.1 Å². The highest BCUT2D eigenvalue weighted by Crippen LogP contribution is 2.38. The Kier molecular flexibility index (Phi) is 14.2. The summed E-state index contributed by atoms with van der Waals surface area (Å²) in [6.07, 6.45) is 2.30. The third-order valence-electron chi connectivity index (χ3n) is 7.04. The maximum Gasteiger partial charge on any atom is 0.573 e. The second-order valence-corrected chi connectivity index (χ2v) is 9.89. The molecular formula is C34H43F4N3O2. The minimum absolute atomic E-state index is 0.208. The van der Waals surface area contributed by atoms with Crippen LogP contribution in [0.4, 0.5) is 17.6 Å². The number of alkyl halides is 3. The Bertz CT molecular complexity index is 1390. The molecule has 4 aromatic rings. The summed E-state index contributed by atoms with van der Waals surface area (Å²) in [4.78, 5) is 17.8. The third-order valence-corrected chi connectivity index (χ3v) is 7.04. The predicted octanol–water partition coefficient (Wildman–Crippen LogP) is 9.64. The molecule has 5 nitrogen and oxygen atoms in total. The molecule has 2 aromatic carbocycles. The molecular weight excluding hydrogens is 558 g/mol. The first kappa shape index (κ1) is 35.3. The number of halogens is 4. The number of nitrogens with zero attached hydrogens (tertiary/aromatic N) is 1. The molecule has 0 saturated heterocycles. The number of carbonyl (C=O) groups is 1. The van der Waals surface area contributed by atoms with E-state index < -0.39 is 6.36 Å². The molecule has 1 fully saturated rings. The molecule has 0 spiro atoms. The Morgan fingerprint density at radius 3 is 2.16 bits per heavy atom. The van der Waals surface area contributed by atoms with Gasteiger partial charge in [-0.15, -0.1) is 13.2 Å². The van der Waals surface area contributed by atoms with E-state index in [1.165, 1.54) is 23.8 Å². The van der Waals surface area contributed by atoms with Gasteiger partial charge in [0.1, 0.15) is 11.6 Å². The fraction of sp³-hybridized carbons (Fsp3) is 0.412. The average molecular weight is 602 g/mol. The Morgan fingerprint density at radius 1 is 0.953 bits per heavy atom. The molecule has 9 heteroatoms. The van der Waals surface area contributed by atoms with Gasteiger partial charge in [-0.25, -0.2) is 4.39 Å². The lowest BCUT2D eigenvalue weighted by molar-refractivity contribution is -0.274. The van der Waals surface area contributed by atoms with Crippen molar-refractivity contribution in [2.45, 2.75) is 79.5 Å². The number of H-pyrrole nitrogens is 1. The van der Waals surface area contributed by atoms with Gasteiger partial charge in [-0.05, 0) is 123 Å². The van der Waals surface area contributed by atoms with E-state index in [4.69, 9.17) is 0 Å². The van der Waals surface area contributed by atoms with Gasteiger partial charge in [0.2, 0.25) is 6.41 Å². The monoisotopic (exact) mass is 601 g/mol. The van der Waals surface area contributed by atoms with Crippen LogP contribution >= 0.6 is 0 Å². The molecule has 43 heavy (non-hydrogen) atoms. The lowest BCUT2D eigenvalue weighted by Crippen LogP contribution is -2.25. The molecule has 1 saturated carbocycles. The fourth-order valence-electron chi connectivity index (χ4n) is 5.24. The highest BCUT2D eigenvalue weighted by molar-refractivity contribution is 5.82. The van der Waals surface area contributed by atoms with Crippen LogP contribution in [0.1, 0.15) is 76.1 Å². The zero-order chi connectivity index (χ0) is 32.0. The van der Waals surface area contributed by atoms with Gasteiger partial charge >= 0.3 is 6.36 Å².